The van der Waals surface area contributed by atoms with Crippen LogP contribution in [0.25, 0.3) is 6.08 Å². The molecule has 0 aliphatic heterocycles. The van der Waals surface area contributed by atoms with Crippen molar-refractivity contribution < 1.29 is 14.3 Å². The normalized spacial score (nSPS) is 15.9. The second-order valence-electron chi connectivity index (χ2n) is 8.22. The number of rotatable bonds is 6. The van der Waals surface area contributed by atoms with Gasteiger partial charge in [0.25, 0.3) is 5.91 Å². The van der Waals surface area contributed by atoms with Crippen LogP contribution in [-0.4, -0.2) is 18.5 Å². The number of nitrogens with one attached hydrogen (secondary N) is 1. The number of carbonyl (C=O) groups excluding carboxylic acids is 2. The lowest BCUT2D eigenvalue weighted by Crippen LogP contribution is -2.17. The highest BCUT2D eigenvalue weighted by Crippen LogP contribution is 2.40. The van der Waals surface area contributed by atoms with E-state index in [0.29, 0.717) is 22.4 Å². The molecule has 2 aromatic rings. The van der Waals surface area contributed by atoms with Crippen molar-refractivity contribution in [3.63, 3.8) is 0 Å². The molecule has 1 heterocycles. The summed E-state index contributed by atoms with van der Waals surface area (Å²) in [5.41, 5.74) is 3.38. The Morgan fingerprint density at radius 2 is 2.03 bits per heavy atom. The van der Waals surface area contributed by atoms with Crippen LogP contribution in [0.2, 0.25) is 0 Å². The van der Waals surface area contributed by atoms with Gasteiger partial charge in [-0.1, -0.05) is 45.0 Å². The molecule has 1 atom stereocenters. The van der Waals surface area contributed by atoms with E-state index in [1.807, 2.05) is 30.3 Å². The van der Waals surface area contributed by atoms with E-state index >= 15 is 0 Å². The predicted molar refractivity (Wildman–Crippen MR) is 124 cm³/mol. The number of thiophene rings is 1. The van der Waals surface area contributed by atoms with E-state index in [0.717, 1.165) is 35.3 Å². The topological polar surface area (TPSA) is 79.2 Å². The van der Waals surface area contributed by atoms with Crippen LogP contribution in [-0.2, 0) is 22.4 Å². The molecule has 162 valence electrons. The zero-order valence-corrected chi connectivity index (χ0v) is 19.3. The lowest BCUT2D eigenvalue weighted by molar-refractivity contribution is -0.112. The Balaban J connectivity index is 1.89. The smallest absolute Gasteiger partial charge is 0.341 e. The van der Waals surface area contributed by atoms with Gasteiger partial charge >= 0.3 is 5.97 Å². The minimum atomic E-state index is -0.521. The zero-order valence-electron chi connectivity index (χ0n) is 18.5. The van der Waals surface area contributed by atoms with Crippen LogP contribution in [0, 0.1) is 17.2 Å². The van der Waals surface area contributed by atoms with Crippen molar-refractivity contribution in [3.8, 4) is 6.07 Å². The van der Waals surface area contributed by atoms with Crippen molar-refractivity contribution in [1.82, 2.24) is 0 Å². The van der Waals surface area contributed by atoms with E-state index in [9.17, 15) is 14.9 Å². The predicted octanol–water partition coefficient (Wildman–Crippen LogP) is 5.72. The number of hydrogen-bond acceptors (Lipinski definition) is 5. The molecule has 0 saturated carbocycles. The van der Waals surface area contributed by atoms with Crippen LogP contribution in [0.5, 0.6) is 0 Å². The number of anilines is 1. The fourth-order valence-electron chi connectivity index (χ4n) is 3.72. The van der Waals surface area contributed by atoms with Crippen molar-refractivity contribution in [2.45, 2.75) is 52.9 Å². The molecular formula is C25H28N2O3S. The minimum Gasteiger partial charge on any atom is -0.462 e. The van der Waals surface area contributed by atoms with Gasteiger partial charge in [-0.25, -0.2) is 4.79 Å². The maximum Gasteiger partial charge on any atom is 0.341 e. The third kappa shape index (κ3) is 5.23. The maximum atomic E-state index is 12.9. The van der Waals surface area contributed by atoms with Gasteiger partial charge in [0.1, 0.15) is 16.6 Å². The summed E-state index contributed by atoms with van der Waals surface area (Å²) in [5, 5.41) is 12.9. The number of esters is 1. The number of ether oxygens (including phenoxy) is 1. The highest BCUT2D eigenvalue weighted by Gasteiger charge is 2.29. The molecule has 0 bridgehead atoms. The van der Waals surface area contributed by atoms with Crippen LogP contribution in [0.1, 0.15) is 72.0 Å². The average Bonchev–Trinajstić information content (AvgIpc) is 3.09. The standard InChI is InChI=1S/C25H28N2O3S/c1-5-30-25(29)22-20-11-6-16(4)12-21(20)31-24(22)27-23(28)19(14-26)13-17-7-9-18(10-8-17)15(2)3/h7-10,13,15-16H,5-6,11-12H2,1-4H3,(H,27,28)/b19-13+/t16-/m0/s1. The summed E-state index contributed by atoms with van der Waals surface area (Å²) in [6, 6.07) is 9.78. The van der Waals surface area contributed by atoms with E-state index in [4.69, 9.17) is 4.74 Å². The summed E-state index contributed by atoms with van der Waals surface area (Å²) >= 11 is 1.42. The van der Waals surface area contributed by atoms with Gasteiger partial charge in [-0.05, 0) is 60.8 Å². The Kier molecular flexibility index (Phi) is 7.29. The average molecular weight is 437 g/mol. The molecule has 0 unspecified atom stereocenters. The molecule has 1 aliphatic rings. The molecule has 0 spiro atoms. The highest BCUT2D eigenvalue weighted by atomic mass is 32.1. The first-order valence-electron chi connectivity index (χ1n) is 10.7. The van der Waals surface area contributed by atoms with Crippen molar-refractivity contribution in [2.24, 2.45) is 5.92 Å². The Labute approximate surface area is 187 Å². The van der Waals surface area contributed by atoms with Gasteiger partial charge in [-0.15, -0.1) is 11.3 Å². The molecule has 5 nitrogen and oxygen atoms in total. The number of nitrogens with zero attached hydrogens (tertiary/aromatic N) is 1. The van der Waals surface area contributed by atoms with Crippen molar-refractivity contribution in [1.29, 1.82) is 5.26 Å². The SMILES string of the molecule is CCOC(=O)c1c(NC(=O)/C(C#N)=C/c2ccc(C(C)C)cc2)sc2c1CC[C@H](C)C2. The quantitative estimate of drug-likeness (QED) is 0.357. The van der Waals surface area contributed by atoms with Crippen molar-refractivity contribution >= 4 is 34.3 Å². The molecule has 0 radical (unpaired) electrons. The third-order valence-corrected chi connectivity index (χ3v) is 6.67. The van der Waals surface area contributed by atoms with E-state index in [2.05, 4.69) is 26.1 Å². The lowest BCUT2D eigenvalue weighted by Gasteiger charge is -2.18. The number of carbonyl (C=O) groups is 2. The number of nitriles is 1. The maximum absolute atomic E-state index is 12.9. The first kappa shape index (κ1) is 22.8. The molecule has 1 N–H and O–H groups in total. The Bertz CT molecular complexity index is 1040. The number of fused-ring (bicyclic) bond motifs is 1. The molecule has 31 heavy (non-hydrogen) atoms. The Hall–Kier alpha value is -2.91. The van der Waals surface area contributed by atoms with Gasteiger partial charge in [0.05, 0.1) is 12.2 Å². The first-order valence-corrected chi connectivity index (χ1v) is 11.5. The monoisotopic (exact) mass is 436 g/mol. The largest absolute Gasteiger partial charge is 0.462 e. The Morgan fingerprint density at radius 1 is 1.32 bits per heavy atom. The fraction of sp³-hybridized carbons (Fsp3) is 0.400. The van der Waals surface area contributed by atoms with Crippen LogP contribution in [0.4, 0.5) is 5.00 Å². The number of benzene rings is 1. The summed E-state index contributed by atoms with van der Waals surface area (Å²) in [6.07, 6.45) is 4.24. The Morgan fingerprint density at radius 3 is 2.65 bits per heavy atom. The van der Waals surface area contributed by atoms with Gasteiger partial charge in [0.2, 0.25) is 0 Å². The van der Waals surface area contributed by atoms with Crippen molar-refractivity contribution in [3.05, 3.63) is 57.0 Å². The number of amides is 1. The fourth-order valence-corrected chi connectivity index (χ4v) is 5.11. The molecule has 1 aromatic carbocycles. The van der Waals surface area contributed by atoms with Crippen LogP contribution in [0.15, 0.2) is 29.8 Å². The van der Waals surface area contributed by atoms with Crippen LogP contribution < -0.4 is 5.32 Å². The summed E-state index contributed by atoms with van der Waals surface area (Å²) in [7, 11) is 0. The van der Waals surface area contributed by atoms with E-state index in [1.165, 1.54) is 16.9 Å². The molecule has 1 aromatic heterocycles. The van der Waals surface area contributed by atoms with Crippen LogP contribution in [0.3, 0.4) is 0 Å². The highest BCUT2D eigenvalue weighted by molar-refractivity contribution is 7.17. The summed E-state index contributed by atoms with van der Waals surface area (Å²) in [6.45, 7) is 8.44. The third-order valence-electron chi connectivity index (χ3n) is 5.50. The summed E-state index contributed by atoms with van der Waals surface area (Å²) in [4.78, 5) is 26.6. The summed E-state index contributed by atoms with van der Waals surface area (Å²) < 4.78 is 5.25. The molecular weight excluding hydrogens is 408 g/mol. The molecule has 3 rings (SSSR count). The van der Waals surface area contributed by atoms with E-state index in [-0.39, 0.29) is 12.2 Å². The lowest BCUT2D eigenvalue weighted by atomic mass is 9.88. The first-order chi connectivity index (χ1) is 14.8. The van der Waals surface area contributed by atoms with Gasteiger partial charge in [0, 0.05) is 4.88 Å². The molecule has 0 fully saturated rings. The van der Waals surface area contributed by atoms with Gasteiger partial charge in [-0.3, -0.25) is 4.79 Å². The minimum absolute atomic E-state index is 0.00755. The molecule has 0 saturated heterocycles. The second kappa shape index (κ2) is 9.93. The van der Waals surface area contributed by atoms with Crippen LogP contribution >= 0.6 is 11.3 Å². The van der Waals surface area contributed by atoms with Gasteiger partial charge in [-0.2, -0.15) is 5.26 Å². The zero-order chi connectivity index (χ0) is 22.5. The number of hydrogen-bond donors (Lipinski definition) is 1. The molecule has 1 amide bonds. The second-order valence-corrected chi connectivity index (χ2v) is 9.33. The van der Waals surface area contributed by atoms with Gasteiger partial charge in [0.15, 0.2) is 0 Å². The summed E-state index contributed by atoms with van der Waals surface area (Å²) in [5.74, 6) is 0.00279. The van der Waals surface area contributed by atoms with E-state index in [1.54, 1.807) is 13.0 Å². The van der Waals surface area contributed by atoms with Gasteiger partial charge < -0.3 is 10.1 Å². The molecule has 1 aliphatic carbocycles. The molecule has 6 heteroatoms. The van der Waals surface area contributed by atoms with Crippen molar-refractivity contribution in [2.75, 3.05) is 11.9 Å². The van der Waals surface area contributed by atoms with E-state index < -0.39 is 11.9 Å².